The molecular formula is C19H22F3N3O2. The van der Waals surface area contributed by atoms with Gasteiger partial charge < -0.3 is 10.4 Å². The Morgan fingerprint density at radius 2 is 2.04 bits per heavy atom. The van der Waals surface area contributed by atoms with Crippen LogP contribution in [0.3, 0.4) is 0 Å². The molecule has 146 valence electrons. The number of nitriles is 1. The van der Waals surface area contributed by atoms with E-state index in [0.29, 0.717) is 17.3 Å². The first kappa shape index (κ1) is 22.2. The van der Waals surface area contributed by atoms with Crippen LogP contribution < -0.4 is 5.32 Å². The monoisotopic (exact) mass is 381 g/mol. The van der Waals surface area contributed by atoms with Crippen molar-refractivity contribution in [1.82, 2.24) is 4.98 Å². The van der Waals surface area contributed by atoms with E-state index in [2.05, 4.69) is 29.0 Å². The zero-order chi connectivity index (χ0) is 20.2. The summed E-state index contributed by atoms with van der Waals surface area (Å²) in [5.74, 6) is -0.463. The van der Waals surface area contributed by atoms with Gasteiger partial charge in [-0.3, -0.25) is 0 Å². The standard InChI is InChI=1S/C18H21N3O2.CHF3/c1-13(18(22)23)11-20-16-9-15(17(10-19)21-12-16)8-7-14-5-3-2-4-6-14;2-1(3)4/h7-9,12,14,20H,1-6,11H2,(H,22,23);1H/b8-7+;. The summed E-state index contributed by atoms with van der Waals surface area (Å²) in [5.41, 5.74) is 1.88. The third-order valence-electron chi connectivity index (χ3n) is 4.03. The van der Waals surface area contributed by atoms with E-state index in [9.17, 15) is 23.2 Å². The smallest absolute Gasteiger partial charge is 0.379 e. The maximum Gasteiger partial charge on any atom is 0.379 e. The van der Waals surface area contributed by atoms with Gasteiger partial charge in [0.15, 0.2) is 0 Å². The number of nitrogens with zero attached hydrogens (tertiary/aromatic N) is 2. The minimum Gasteiger partial charge on any atom is -0.478 e. The van der Waals surface area contributed by atoms with E-state index in [1.165, 1.54) is 38.3 Å². The van der Waals surface area contributed by atoms with Gasteiger partial charge in [0.2, 0.25) is 0 Å². The molecular weight excluding hydrogens is 359 g/mol. The Bertz CT molecular complexity index is 706. The second-order valence-electron chi connectivity index (χ2n) is 6.04. The molecule has 0 bridgehead atoms. The Morgan fingerprint density at radius 3 is 2.59 bits per heavy atom. The fourth-order valence-electron chi connectivity index (χ4n) is 2.65. The Balaban J connectivity index is 0.000000828. The average molecular weight is 381 g/mol. The highest BCUT2D eigenvalue weighted by atomic mass is 19.4. The lowest BCUT2D eigenvalue weighted by atomic mass is 9.88. The molecule has 0 aliphatic heterocycles. The second-order valence-corrected chi connectivity index (χ2v) is 6.04. The Hall–Kier alpha value is -2.82. The van der Waals surface area contributed by atoms with Crippen molar-refractivity contribution >= 4 is 17.7 Å². The molecule has 27 heavy (non-hydrogen) atoms. The summed E-state index contributed by atoms with van der Waals surface area (Å²) >= 11 is 0. The maximum absolute atomic E-state index is 10.8. The van der Waals surface area contributed by atoms with Gasteiger partial charge in [-0.15, -0.1) is 0 Å². The van der Waals surface area contributed by atoms with Crippen LogP contribution in [0.4, 0.5) is 18.9 Å². The first-order valence-corrected chi connectivity index (χ1v) is 8.49. The molecule has 0 saturated heterocycles. The minimum atomic E-state index is -3.67. The predicted octanol–water partition coefficient (Wildman–Crippen LogP) is 4.78. The van der Waals surface area contributed by atoms with Gasteiger partial charge in [-0.05, 0) is 24.8 Å². The molecule has 1 aromatic rings. The van der Waals surface area contributed by atoms with Crippen molar-refractivity contribution in [3.8, 4) is 6.07 Å². The van der Waals surface area contributed by atoms with Crippen LogP contribution in [0.25, 0.3) is 6.08 Å². The van der Waals surface area contributed by atoms with Crippen molar-refractivity contribution in [2.75, 3.05) is 11.9 Å². The van der Waals surface area contributed by atoms with Crippen molar-refractivity contribution < 1.29 is 23.1 Å². The van der Waals surface area contributed by atoms with E-state index in [0.717, 1.165) is 5.56 Å². The fourth-order valence-corrected chi connectivity index (χ4v) is 2.65. The number of carboxylic acids is 1. The summed E-state index contributed by atoms with van der Waals surface area (Å²) in [6, 6.07) is 3.91. The van der Waals surface area contributed by atoms with E-state index in [4.69, 9.17) is 5.11 Å². The van der Waals surface area contributed by atoms with Crippen molar-refractivity contribution in [1.29, 1.82) is 5.26 Å². The number of rotatable bonds is 6. The average Bonchev–Trinajstić information content (AvgIpc) is 2.64. The number of pyridine rings is 1. The molecule has 0 spiro atoms. The van der Waals surface area contributed by atoms with Crippen molar-refractivity contribution in [3.63, 3.8) is 0 Å². The van der Waals surface area contributed by atoms with E-state index >= 15 is 0 Å². The highest BCUT2D eigenvalue weighted by molar-refractivity contribution is 5.86. The maximum atomic E-state index is 10.8. The van der Waals surface area contributed by atoms with E-state index < -0.39 is 12.6 Å². The molecule has 1 aromatic heterocycles. The van der Waals surface area contributed by atoms with Crippen molar-refractivity contribution in [2.24, 2.45) is 5.92 Å². The number of aliphatic carboxylic acids is 1. The molecule has 0 radical (unpaired) electrons. The van der Waals surface area contributed by atoms with E-state index in [1.807, 2.05) is 12.1 Å². The normalized spacial score (nSPS) is 14.3. The topological polar surface area (TPSA) is 86.0 Å². The summed E-state index contributed by atoms with van der Waals surface area (Å²) in [6.45, 7) is -0.0589. The number of allylic oxidation sites excluding steroid dienone is 1. The minimum absolute atomic E-state index is 0.0775. The Kier molecular flexibility index (Phi) is 9.65. The zero-order valence-corrected chi connectivity index (χ0v) is 14.8. The Labute approximate surface area is 156 Å². The lowest BCUT2D eigenvalue weighted by Gasteiger charge is -2.17. The number of carboxylic acid groups (broad SMARTS) is 1. The van der Waals surface area contributed by atoms with Crippen LogP contribution in [0.15, 0.2) is 30.5 Å². The summed E-state index contributed by atoms with van der Waals surface area (Å²) in [7, 11) is 0. The molecule has 1 aliphatic rings. The number of nitrogens with one attached hydrogen (secondary N) is 1. The molecule has 2 N–H and O–H groups in total. The lowest BCUT2D eigenvalue weighted by molar-refractivity contribution is -0.132. The van der Waals surface area contributed by atoms with Crippen LogP contribution in [-0.4, -0.2) is 29.3 Å². The van der Waals surface area contributed by atoms with E-state index in [-0.39, 0.29) is 12.1 Å². The van der Waals surface area contributed by atoms with Crippen molar-refractivity contribution in [2.45, 2.75) is 38.8 Å². The van der Waals surface area contributed by atoms with Crippen molar-refractivity contribution in [3.05, 3.63) is 41.7 Å². The van der Waals surface area contributed by atoms with Gasteiger partial charge in [0.05, 0.1) is 11.9 Å². The molecule has 8 heteroatoms. The SMILES string of the molecule is C=C(CNc1cnc(C#N)c(/C=C/C2CCCCC2)c1)C(=O)O.FC(F)F. The number of anilines is 1. The summed E-state index contributed by atoms with van der Waals surface area (Å²) in [6.07, 6.45) is 11.9. The van der Waals surface area contributed by atoms with Crippen LogP contribution in [0, 0.1) is 17.2 Å². The first-order chi connectivity index (χ1) is 12.8. The van der Waals surface area contributed by atoms with Crippen LogP contribution in [0.1, 0.15) is 43.4 Å². The molecule has 5 nitrogen and oxygen atoms in total. The molecule has 1 heterocycles. The van der Waals surface area contributed by atoms with Gasteiger partial charge in [-0.2, -0.15) is 18.4 Å². The van der Waals surface area contributed by atoms with Gasteiger partial charge in [0.25, 0.3) is 0 Å². The molecule has 1 fully saturated rings. The summed E-state index contributed by atoms with van der Waals surface area (Å²) in [5, 5.41) is 21.0. The number of carbonyl (C=O) groups is 1. The first-order valence-electron chi connectivity index (χ1n) is 8.49. The molecule has 0 atom stereocenters. The number of hydrogen-bond donors (Lipinski definition) is 2. The van der Waals surface area contributed by atoms with Crippen LogP contribution >= 0.6 is 0 Å². The van der Waals surface area contributed by atoms with Crippen LogP contribution in [-0.2, 0) is 4.79 Å². The summed E-state index contributed by atoms with van der Waals surface area (Å²) in [4.78, 5) is 14.9. The molecule has 0 unspecified atom stereocenters. The molecule has 2 rings (SSSR count). The van der Waals surface area contributed by atoms with Crippen LogP contribution in [0.2, 0.25) is 0 Å². The summed E-state index contributed by atoms with van der Waals surface area (Å²) < 4.78 is 29.0. The highest BCUT2D eigenvalue weighted by Crippen LogP contribution is 2.26. The quantitative estimate of drug-likeness (QED) is 0.693. The van der Waals surface area contributed by atoms with Gasteiger partial charge in [0.1, 0.15) is 11.8 Å². The lowest BCUT2D eigenvalue weighted by Crippen LogP contribution is -2.11. The fraction of sp³-hybridized carbons (Fsp3) is 0.421. The van der Waals surface area contributed by atoms with Gasteiger partial charge in [-0.1, -0.05) is 38.0 Å². The largest absolute Gasteiger partial charge is 0.478 e. The number of alkyl halides is 3. The second kappa shape index (κ2) is 11.7. The number of halogens is 3. The molecule has 1 saturated carbocycles. The van der Waals surface area contributed by atoms with Crippen LogP contribution in [0.5, 0.6) is 0 Å². The third kappa shape index (κ3) is 8.90. The molecule has 0 aromatic carbocycles. The zero-order valence-electron chi connectivity index (χ0n) is 14.8. The number of hydrogen-bond acceptors (Lipinski definition) is 4. The van der Waals surface area contributed by atoms with E-state index in [1.54, 1.807) is 0 Å². The number of aromatic nitrogens is 1. The third-order valence-corrected chi connectivity index (χ3v) is 4.03. The highest BCUT2D eigenvalue weighted by Gasteiger charge is 2.11. The predicted molar refractivity (Wildman–Crippen MR) is 96.9 cm³/mol. The van der Waals surface area contributed by atoms with Gasteiger partial charge >= 0.3 is 12.6 Å². The Morgan fingerprint density at radius 1 is 1.41 bits per heavy atom. The van der Waals surface area contributed by atoms with Gasteiger partial charge in [0, 0.05) is 17.7 Å². The molecule has 0 amide bonds. The van der Waals surface area contributed by atoms with Gasteiger partial charge in [-0.25, -0.2) is 9.78 Å². The molecule has 1 aliphatic carbocycles.